The van der Waals surface area contributed by atoms with Gasteiger partial charge in [0.1, 0.15) is 0 Å². The lowest BCUT2D eigenvalue weighted by molar-refractivity contribution is -0.109. The Balaban J connectivity index is 2.14. The fourth-order valence-corrected chi connectivity index (χ4v) is 2.30. The molecule has 1 rings (SSSR count). The Morgan fingerprint density at radius 2 is 2.09 bits per heavy atom. The van der Waals surface area contributed by atoms with E-state index in [2.05, 4.69) is 0 Å². The van der Waals surface area contributed by atoms with Gasteiger partial charge in [0.05, 0.1) is 0 Å². The second-order valence-electron chi connectivity index (χ2n) is 2.80. The van der Waals surface area contributed by atoms with Crippen LogP contribution in [-0.4, -0.2) is 16.8 Å². The van der Waals surface area contributed by atoms with Crippen LogP contribution in [-0.2, 0) is 4.79 Å². The van der Waals surface area contributed by atoms with E-state index in [1.165, 1.54) is 18.7 Å². The molecular weight excluding hydrogens is 170 g/mol. The zero-order chi connectivity index (χ0) is 8.43. The highest BCUT2D eigenvalue weighted by Crippen LogP contribution is 2.40. The van der Waals surface area contributed by atoms with Crippen LogP contribution in [0, 0.1) is 5.92 Å². The van der Waals surface area contributed by atoms with Gasteiger partial charge in [0.25, 0.3) is 0 Å². The van der Waals surface area contributed by atoms with Crippen molar-refractivity contribution in [1.82, 2.24) is 0 Å². The van der Waals surface area contributed by atoms with E-state index in [0.717, 1.165) is 0 Å². The lowest BCUT2D eigenvalue weighted by atomic mass is 9.85. The molecule has 1 aliphatic rings. The molecule has 0 unspecified atom stereocenters. The molecule has 4 heteroatoms. The highest BCUT2D eigenvalue weighted by atomic mass is 32.2. The number of hydrogen-bond acceptors (Lipinski definition) is 2. The van der Waals surface area contributed by atoms with E-state index >= 15 is 0 Å². The third-order valence-electron chi connectivity index (χ3n) is 1.82. The van der Waals surface area contributed by atoms with Crippen molar-refractivity contribution in [3.8, 4) is 0 Å². The Bertz CT molecular complexity index is 155. The van der Waals surface area contributed by atoms with Crippen LogP contribution in [0.25, 0.3) is 0 Å². The van der Waals surface area contributed by atoms with Gasteiger partial charge in [-0.05, 0) is 12.8 Å². The maximum absolute atomic E-state index is 11.9. The van der Waals surface area contributed by atoms with Crippen molar-refractivity contribution in [3.63, 3.8) is 0 Å². The summed E-state index contributed by atoms with van der Waals surface area (Å²) >= 11 is 1.19. The maximum atomic E-state index is 11.9. The predicted octanol–water partition coefficient (Wildman–Crippen LogP) is 2.31. The Labute approximate surface area is 68.5 Å². The summed E-state index contributed by atoms with van der Waals surface area (Å²) in [6.07, 6.45) is -1.19. The molecule has 1 nitrogen and oxygen atoms in total. The first kappa shape index (κ1) is 8.97. The molecular formula is C7H10F2OS. The van der Waals surface area contributed by atoms with Crippen molar-refractivity contribution < 1.29 is 13.6 Å². The number of halogens is 2. The molecule has 0 aliphatic heterocycles. The molecule has 1 saturated carbocycles. The molecule has 0 aromatic rings. The first-order chi connectivity index (χ1) is 5.09. The fourth-order valence-electron chi connectivity index (χ4n) is 1.14. The number of hydrogen-bond donors (Lipinski definition) is 0. The molecule has 0 aromatic carbocycles. The van der Waals surface area contributed by atoms with E-state index in [1.54, 1.807) is 0 Å². The summed E-state index contributed by atoms with van der Waals surface area (Å²) in [7, 11) is 0. The second-order valence-corrected chi connectivity index (χ2v) is 4.27. The summed E-state index contributed by atoms with van der Waals surface area (Å²) in [4.78, 5) is 10.5. The van der Waals surface area contributed by atoms with Crippen molar-refractivity contribution >= 4 is 16.9 Å². The van der Waals surface area contributed by atoms with Gasteiger partial charge in [-0.15, -0.1) is 0 Å². The zero-order valence-corrected chi connectivity index (χ0v) is 7.04. The number of alkyl halides is 2. The van der Waals surface area contributed by atoms with Crippen LogP contribution in [0.1, 0.15) is 19.8 Å². The van der Waals surface area contributed by atoms with Crippen LogP contribution in [0.5, 0.6) is 0 Å². The smallest absolute Gasteiger partial charge is 0.241 e. The first-order valence-electron chi connectivity index (χ1n) is 3.55. The lowest BCUT2D eigenvalue weighted by Crippen LogP contribution is -2.31. The minimum absolute atomic E-state index is 0.0303. The Morgan fingerprint density at radius 1 is 1.55 bits per heavy atom. The topological polar surface area (TPSA) is 17.1 Å². The van der Waals surface area contributed by atoms with Crippen LogP contribution in [0.2, 0.25) is 0 Å². The van der Waals surface area contributed by atoms with Crippen LogP contribution in [0.3, 0.4) is 0 Å². The molecule has 1 aliphatic carbocycles. The minimum atomic E-state index is -2.20. The molecule has 0 bridgehead atoms. The van der Waals surface area contributed by atoms with Gasteiger partial charge in [-0.2, -0.15) is 0 Å². The first-order valence-corrected chi connectivity index (χ1v) is 4.43. The van der Waals surface area contributed by atoms with Gasteiger partial charge in [-0.3, -0.25) is 4.79 Å². The van der Waals surface area contributed by atoms with Gasteiger partial charge in [0, 0.05) is 18.1 Å². The summed E-state index contributed by atoms with van der Waals surface area (Å²) in [5.41, 5.74) is 0. The maximum Gasteiger partial charge on any atom is 0.241 e. The van der Waals surface area contributed by atoms with E-state index in [4.69, 9.17) is 0 Å². The third-order valence-corrected chi connectivity index (χ3v) is 2.87. The van der Waals surface area contributed by atoms with Crippen molar-refractivity contribution in [2.24, 2.45) is 5.92 Å². The van der Waals surface area contributed by atoms with Crippen LogP contribution < -0.4 is 0 Å². The quantitative estimate of drug-likeness (QED) is 0.648. The Kier molecular flexibility index (Phi) is 2.87. The average Bonchev–Trinajstić information content (AvgIpc) is 1.75. The number of carbonyl (C=O) groups excluding carboxylic acids is 1. The molecule has 64 valence electrons. The minimum Gasteiger partial charge on any atom is -0.288 e. The highest BCUT2D eigenvalue weighted by molar-refractivity contribution is 8.14. The van der Waals surface area contributed by atoms with Gasteiger partial charge < -0.3 is 0 Å². The van der Waals surface area contributed by atoms with Gasteiger partial charge in [-0.25, -0.2) is 8.78 Å². The van der Waals surface area contributed by atoms with E-state index in [9.17, 15) is 13.6 Å². The second kappa shape index (κ2) is 3.52. The van der Waals surface area contributed by atoms with Crippen molar-refractivity contribution in [2.45, 2.75) is 31.4 Å². The molecule has 1 fully saturated rings. The molecule has 0 amide bonds. The van der Waals surface area contributed by atoms with Gasteiger partial charge in [0.15, 0.2) is 5.12 Å². The Hall–Kier alpha value is -0.120. The zero-order valence-electron chi connectivity index (χ0n) is 6.22. The highest BCUT2D eigenvalue weighted by Gasteiger charge is 2.36. The van der Waals surface area contributed by atoms with E-state index in [1.807, 2.05) is 0 Å². The Morgan fingerprint density at radius 3 is 2.45 bits per heavy atom. The lowest BCUT2D eigenvalue weighted by Gasteiger charge is -2.33. The average molecular weight is 180 g/mol. The molecule has 0 saturated heterocycles. The third kappa shape index (κ3) is 2.43. The summed E-state index contributed by atoms with van der Waals surface area (Å²) in [5, 5.41) is 0.189. The molecule has 0 heterocycles. The molecule has 0 aromatic heterocycles. The predicted molar refractivity (Wildman–Crippen MR) is 40.8 cm³/mol. The fraction of sp³-hybridized carbons (Fsp3) is 0.857. The monoisotopic (exact) mass is 180 g/mol. The van der Waals surface area contributed by atoms with Gasteiger partial charge >= 0.3 is 0 Å². The van der Waals surface area contributed by atoms with Crippen LogP contribution >= 0.6 is 11.8 Å². The largest absolute Gasteiger partial charge is 0.288 e. The summed E-state index contributed by atoms with van der Waals surface area (Å²) in [5.74, 6) is -0.452. The van der Waals surface area contributed by atoms with Crippen molar-refractivity contribution in [2.75, 3.05) is 0 Å². The van der Waals surface area contributed by atoms with Gasteiger partial charge in [-0.1, -0.05) is 11.8 Å². The van der Waals surface area contributed by atoms with E-state index in [0.29, 0.717) is 12.8 Å². The van der Waals surface area contributed by atoms with Crippen LogP contribution in [0.15, 0.2) is 0 Å². The van der Waals surface area contributed by atoms with Crippen molar-refractivity contribution in [3.05, 3.63) is 0 Å². The van der Waals surface area contributed by atoms with Gasteiger partial charge in [0.2, 0.25) is 6.43 Å². The van der Waals surface area contributed by atoms with E-state index < -0.39 is 12.3 Å². The number of thioether (sulfide) groups is 1. The molecule has 0 N–H and O–H groups in total. The summed E-state index contributed by atoms with van der Waals surface area (Å²) in [6.45, 7) is 1.47. The number of rotatable bonds is 2. The molecule has 0 atom stereocenters. The molecule has 0 spiro atoms. The SMILES string of the molecule is CC(=O)SC1CC(C(F)F)C1. The normalized spacial score (nSPS) is 30.2. The molecule has 11 heavy (non-hydrogen) atoms. The molecule has 0 radical (unpaired) electrons. The van der Waals surface area contributed by atoms with E-state index in [-0.39, 0.29) is 10.4 Å². The number of carbonyl (C=O) groups is 1. The van der Waals surface area contributed by atoms with Crippen LogP contribution in [0.4, 0.5) is 8.78 Å². The standard InChI is InChI=1S/C7H10F2OS/c1-4(10)11-6-2-5(3-6)7(8)9/h5-7H,2-3H2,1H3. The summed E-state index contributed by atoms with van der Waals surface area (Å²) in [6, 6.07) is 0. The van der Waals surface area contributed by atoms with Crippen molar-refractivity contribution in [1.29, 1.82) is 0 Å². The summed E-state index contributed by atoms with van der Waals surface area (Å²) < 4.78 is 23.8.